The number of halogens is 2. The fraction of sp³-hybridized carbons (Fsp3) is 0.533. The van der Waals surface area contributed by atoms with Gasteiger partial charge in [0.05, 0.1) is 17.3 Å². The summed E-state index contributed by atoms with van der Waals surface area (Å²) < 4.78 is 13.0. The second-order valence-electron chi connectivity index (χ2n) is 5.66. The van der Waals surface area contributed by atoms with Gasteiger partial charge in [-0.2, -0.15) is 0 Å². The number of benzene rings is 1. The molecule has 2 atom stereocenters. The molecule has 1 heterocycles. The summed E-state index contributed by atoms with van der Waals surface area (Å²) in [6.45, 7) is 3.91. The quantitative estimate of drug-likeness (QED) is 0.898. The highest BCUT2D eigenvalue weighted by molar-refractivity contribution is 6.33. The van der Waals surface area contributed by atoms with E-state index in [1.54, 1.807) is 0 Å². The smallest absolute Gasteiger partial charge is 0.238 e. The number of rotatable bonds is 4. The van der Waals surface area contributed by atoms with E-state index in [1.807, 2.05) is 0 Å². The van der Waals surface area contributed by atoms with Crippen molar-refractivity contribution in [2.24, 2.45) is 11.7 Å². The molecule has 0 aliphatic carbocycles. The summed E-state index contributed by atoms with van der Waals surface area (Å²) >= 11 is 5.90. The molecule has 21 heavy (non-hydrogen) atoms. The first kappa shape index (κ1) is 16.2. The number of likely N-dealkylation sites (tertiary alicyclic amines) is 1. The number of nitrogens with two attached hydrogens (primary N) is 1. The molecule has 0 aromatic heterocycles. The van der Waals surface area contributed by atoms with Crippen LogP contribution in [0, 0.1) is 11.7 Å². The Kier molecular flexibility index (Phi) is 5.56. The molecule has 1 aliphatic heterocycles. The number of carbonyl (C=O) groups is 1. The van der Waals surface area contributed by atoms with Crippen LogP contribution in [0.3, 0.4) is 0 Å². The highest BCUT2D eigenvalue weighted by atomic mass is 35.5. The summed E-state index contributed by atoms with van der Waals surface area (Å²) in [6, 6.07) is 4.16. The lowest BCUT2D eigenvalue weighted by molar-refractivity contribution is -0.118. The summed E-state index contributed by atoms with van der Waals surface area (Å²) in [5, 5.41) is 2.92. The number of nitrogens with zero attached hydrogens (tertiary/aromatic N) is 1. The van der Waals surface area contributed by atoms with Crippen molar-refractivity contribution >= 4 is 23.2 Å². The molecule has 1 fully saturated rings. The second kappa shape index (κ2) is 7.20. The van der Waals surface area contributed by atoms with E-state index >= 15 is 0 Å². The lowest BCUT2D eigenvalue weighted by atomic mass is 9.92. The van der Waals surface area contributed by atoms with Crippen molar-refractivity contribution in [1.82, 2.24) is 4.90 Å². The number of amides is 1. The third-order valence-corrected chi connectivity index (χ3v) is 4.24. The van der Waals surface area contributed by atoms with Crippen LogP contribution in [0.1, 0.15) is 19.8 Å². The van der Waals surface area contributed by atoms with Gasteiger partial charge in [0.1, 0.15) is 5.82 Å². The van der Waals surface area contributed by atoms with Crippen LogP contribution in [0.25, 0.3) is 0 Å². The van der Waals surface area contributed by atoms with E-state index in [9.17, 15) is 9.18 Å². The monoisotopic (exact) mass is 313 g/mol. The van der Waals surface area contributed by atoms with Gasteiger partial charge in [-0.15, -0.1) is 0 Å². The largest absolute Gasteiger partial charge is 0.329 e. The van der Waals surface area contributed by atoms with Crippen LogP contribution in [0.5, 0.6) is 0 Å². The molecule has 1 aromatic rings. The number of carbonyl (C=O) groups excluding carboxylic acids is 1. The SMILES string of the molecule is CC1CCN(CC(=O)Nc2ccc(F)cc2Cl)C(CN)C1. The Morgan fingerprint density at radius 1 is 1.57 bits per heavy atom. The van der Waals surface area contributed by atoms with Crippen molar-refractivity contribution in [2.75, 3.05) is 25.0 Å². The summed E-state index contributed by atoms with van der Waals surface area (Å²) in [5.41, 5.74) is 6.22. The van der Waals surface area contributed by atoms with Crippen LogP contribution in [-0.2, 0) is 4.79 Å². The molecule has 3 N–H and O–H groups in total. The molecular weight excluding hydrogens is 293 g/mol. The molecule has 1 aliphatic rings. The standard InChI is InChI=1S/C15H21ClFN3O/c1-10-4-5-20(12(6-10)8-18)9-15(21)19-14-3-2-11(17)7-13(14)16/h2-3,7,10,12H,4-6,8-9,18H2,1H3,(H,19,21). The van der Waals surface area contributed by atoms with Crippen LogP contribution in [0.4, 0.5) is 10.1 Å². The molecule has 0 spiro atoms. The van der Waals surface area contributed by atoms with Crippen molar-refractivity contribution in [3.63, 3.8) is 0 Å². The van der Waals surface area contributed by atoms with E-state index in [1.165, 1.54) is 18.2 Å². The van der Waals surface area contributed by atoms with Crippen molar-refractivity contribution in [1.29, 1.82) is 0 Å². The maximum absolute atomic E-state index is 13.0. The average Bonchev–Trinajstić information content (AvgIpc) is 2.44. The Hall–Kier alpha value is -1.17. The zero-order chi connectivity index (χ0) is 15.4. The normalized spacial score (nSPS) is 23.0. The predicted molar refractivity (Wildman–Crippen MR) is 82.9 cm³/mol. The van der Waals surface area contributed by atoms with Gasteiger partial charge in [-0.05, 0) is 43.5 Å². The van der Waals surface area contributed by atoms with Gasteiger partial charge in [-0.25, -0.2) is 4.39 Å². The van der Waals surface area contributed by atoms with Crippen LogP contribution < -0.4 is 11.1 Å². The summed E-state index contributed by atoms with van der Waals surface area (Å²) in [4.78, 5) is 14.2. The Bertz CT molecular complexity index is 512. The maximum Gasteiger partial charge on any atom is 0.238 e. The summed E-state index contributed by atoms with van der Waals surface area (Å²) in [7, 11) is 0. The third-order valence-electron chi connectivity index (χ3n) is 3.92. The topological polar surface area (TPSA) is 58.4 Å². The minimum atomic E-state index is -0.425. The molecule has 0 radical (unpaired) electrons. The summed E-state index contributed by atoms with van der Waals surface area (Å²) in [6.07, 6.45) is 2.09. The first-order valence-electron chi connectivity index (χ1n) is 7.18. The molecule has 2 rings (SSSR count). The van der Waals surface area contributed by atoms with Crippen molar-refractivity contribution in [3.05, 3.63) is 29.0 Å². The van der Waals surface area contributed by atoms with Gasteiger partial charge in [-0.3, -0.25) is 9.69 Å². The average molecular weight is 314 g/mol. The maximum atomic E-state index is 13.0. The van der Waals surface area contributed by atoms with E-state index in [4.69, 9.17) is 17.3 Å². The number of piperidine rings is 1. The highest BCUT2D eigenvalue weighted by Crippen LogP contribution is 2.24. The molecule has 1 saturated heterocycles. The molecule has 4 nitrogen and oxygen atoms in total. The molecule has 6 heteroatoms. The van der Waals surface area contributed by atoms with Crippen molar-refractivity contribution in [2.45, 2.75) is 25.8 Å². The minimum absolute atomic E-state index is 0.156. The minimum Gasteiger partial charge on any atom is -0.329 e. The van der Waals surface area contributed by atoms with Gasteiger partial charge in [0.2, 0.25) is 5.91 Å². The second-order valence-corrected chi connectivity index (χ2v) is 6.07. The molecule has 1 aromatic carbocycles. The van der Waals surface area contributed by atoms with Crippen LogP contribution in [0.2, 0.25) is 5.02 Å². The number of hydrogen-bond acceptors (Lipinski definition) is 3. The Labute approximate surface area is 129 Å². The van der Waals surface area contributed by atoms with E-state index in [0.29, 0.717) is 18.2 Å². The molecule has 0 saturated carbocycles. The van der Waals surface area contributed by atoms with Crippen molar-refractivity contribution in [3.8, 4) is 0 Å². The highest BCUT2D eigenvalue weighted by Gasteiger charge is 2.26. The summed E-state index contributed by atoms with van der Waals surface area (Å²) in [5.74, 6) is 0.0622. The Balaban J connectivity index is 1.94. The Morgan fingerprint density at radius 3 is 3.00 bits per heavy atom. The van der Waals surface area contributed by atoms with Crippen LogP contribution in [0.15, 0.2) is 18.2 Å². The zero-order valence-electron chi connectivity index (χ0n) is 12.1. The molecule has 116 valence electrons. The van der Waals surface area contributed by atoms with Gasteiger partial charge >= 0.3 is 0 Å². The van der Waals surface area contributed by atoms with Gasteiger partial charge in [-0.1, -0.05) is 18.5 Å². The van der Waals surface area contributed by atoms with Crippen LogP contribution in [-0.4, -0.2) is 36.5 Å². The predicted octanol–water partition coefficient (Wildman–Crippen LogP) is 2.48. The zero-order valence-corrected chi connectivity index (χ0v) is 12.9. The first-order valence-corrected chi connectivity index (χ1v) is 7.56. The molecule has 2 unspecified atom stereocenters. The fourth-order valence-corrected chi connectivity index (χ4v) is 2.93. The van der Waals surface area contributed by atoms with Gasteiger partial charge in [0.25, 0.3) is 0 Å². The molecule has 0 bridgehead atoms. The Morgan fingerprint density at radius 2 is 2.33 bits per heavy atom. The van der Waals surface area contributed by atoms with E-state index < -0.39 is 5.82 Å². The third kappa shape index (κ3) is 4.40. The number of hydrogen-bond donors (Lipinski definition) is 2. The van der Waals surface area contributed by atoms with Crippen LogP contribution >= 0.6 is 11.6 Å². The van der Waals surface area contributed by atoms with E-state index in [0.717, 1.165) is 19.4 Å². The van der Waals surface area contributed by atoms with E-state index in [2.05, 4.69) is 17.1 Å². The molecule has 1 amide bonds. The lowest BCUT2D eigenvalue weighted by Crippen LogP contribution is -2.49. The first-order chi connectivity index (χ1) is 9.99. The van der Waals surface area contributed by atoms with Gasteiger partial charge in [0.15, 0.2) is 0 Å². The van der Waals surface area contributed by atoms with E-state index in [-0.39, 0.29) is 23.5 Å². The fourth-order valence-electron chi connectivity index (χ4n) is 2.72. The van der Waals surface area contributed by atoms with Gasteiger partial charge < -0.3 is 11.1 Å². The number of anilines is 1. The molecular formula is C15H21ClFN3O. The van der Waals surface area contributed by atoms with Gasteiger partial charge in [0, 0.05) is 12.6 Å². The number of nitrogens with one attached hydrogen (secondary N) is 1. The lowest BCUT2D eigenvalue weighted by Gasteiger charge is -2.37. The van der Waals surface area contributed by atoms with Crippen molar-refractivity contribution < 1.29 is 9.18 Å².